The first-order chi connectivity index (χ1) is 14.3. The molecule has 0 radical (unpaired) electrons. The van der Waals surface area contributed by atoms with Crippen molar-refractivity contribution in [2.45, 2.75) is 18.8 Å². The van der Waals surface area contributed by atoms with Crippen LogP contribution in [0.4, 0.5) is 19.0 Å². The number of amides is 1. The molecule has 1 aromatic heterocycles. The quantitative estimate of drug-likeness (QED) is 0.652. The zero-order valence-electron chi connectivity index (χ0n) is 15.5. The maximum absolute atomic E-state index is 12.8. The van der Waals surface area contributed by atoms with Crippen molar-refractivity contribution in [2.75, 3.05) is 18.4 Å². The predicted molar refractivity (Wildman–Crippen MR) is 106 cm³/mol. The van der Waals surface area contributed by atoms with E-state index in [-0.39, 0.29) is 11.6 Å². The third-order valence-corrected chi connectivity index (χ3v) is 4.91. The molecule has 1 aliphatic heterocycles. The summed E-state index contributed by atoms with van der Waals surface area (Å²) in [6.07, 6.45) is -2.67. The first-order valence-corrected chi connectivity index (χ1v) is 9.49. The fourth-order valence-electron chi connectivity index (χ4n) is 3.35. The van der Waals surface area contributed by atoms with Gasteiger partial charge in [-0.05, 0) is 36.8 Å². The average molecular weight is 437 g/mol. The third-order valence-electron chi connectivity index (χ3n) is 4.67. The monoisotopic (exact) mass is 436 g/mol. The largest absolute Gasteiger partial charge is 0.573 e. The van der Waals surface area contributed by atoms with Crippen LogP contribution in [0.25, 0.3) is 11.0 Å². The lowest BCUT2D eigenvalue weighted by Gasteiger charge is -2.19. The zero-order chi connectivity index (χ0) is 21.3. The topological polar surface area (TPSA) is 67.3 Å². The Morgan fingerprint density at radius 2 is 2.00 bits per heavy atom. The molecule has 1 N–H and O–H groups in total. The number of carbonyl (C=O) groups is 1. The Morgan fingerprint density at radius 3 is 2.80 bits per heavy atom. The Bertz CT molecular complexity index is 1090. The van der Waals surface area contributed by atoms with E-state index in [1.54, 1.807) is 24.4 Å². The summed E-state index contributed by atoms with van der Waals surface area (Å²) in [5.41, 5.74) is 1.21. The molecule has 0 saturated carbocycles. The summed E-state index contributed by atoms with van der Waals surface area (Å²) in [6.45, 7) is 0.706. The van der Waals surface area contributed by atoms with Crippen molar-refractivity contribution in [1.29, 1.82) is 0 Å². The van der Waals surface area contributed by atoms with Crippen LogP contribution in [0.1, 0.15) is 16.8 Å². The van der Waals surface area contributed by atoms with Crippen LogP contribution in [0, 0.1) is 0 Å². The molecule has 0 unspecified atom stereocenters. The number of para-hydroxylation sites is 1. The van der Waals surface area contributed by atoms with Gasteiger partial charge in [-0.3, -0.25) is 9.78 Å². The van der Waals surface area contributed by atoms with Crippen LogP contribution in [0.15, 0.2) is 48.7 Å². The van der Waals surface area contributed by atoms with Crippen LogP contribution in [0.2, 0.25) is 5.02 Å². The van der Waals surface area contributed by atoms with E-state index in [9.17, 15) is 18.0 Å². The van der Waals surface area contributed by atoms with E-state index in [4.69, 9.17) is 11.6 Å². The number of anilines is 1. The zero-order valence-corrected chi connectivity index (χ0v) is 16.2. The highest BCUT2D eigenvalue weighted by Gasteiger charge is 2.34. The van der Waals surface area contributed by atoms with E-state index >= 15 is 0 Å². The first kappa shape index (κ1) is 20.2. The van der Waals surface area contributed by atoms with E-state index in [0.717, 1.165) is 6.07 Å². The molecule has 4 rings (SSSR count). The Labute approximate surface area is 174 Å². The molecule has 156 valence electrons. The second-order valence-electron chi connectivity index (χ2n) is 6.81. The molecule has 0 bridgehead atoms. The van der Waals surface area contributed by atoms with Crippen molar-refractivity contribution >= 4 is 34.4 Å². The van der Waals surface area contributed by atoms with Gasteiger partial charge < -0.3 is 15.0 Å². The summed E-state index contributed by atoms with van der Waals surface area (Å²) in [6, 6.07) is 10.4. The molecular formula is C20H16ClF3N4O2. The van der Waals surface area contributed by atoms with E-state index in [2.05, 4.69) is 20.0 Å². The number of carbonyl (C=O) groups excluding carboxylic acids is 1. The van der Waals surface area contributed by atoms with Gasteiger partial charge in [0.2, 0.25) is 0 Å². The molecule has 10 heteroatoms. The van der Waals surface area contributed by atoms with Crippen LogP contribution in [-0.2, 0) is 0 Å². The number of nitrogens with zero attached hydrogens (tertiary/aromatic N) is 3. The van der Waals surface area contributed by atoms with Crippen LogP contribution >= 0.6 is 11.6 Å². The second-order valence-corrected chi connectivity index (χ2v) is 7.25. The molecule has 0 spiro atoms. The third kappa shape index (κ3) is 4.56. The SMILES string of the molecule is O=C(c1ccccc1OC(F)(F)F)N1CC[C@@H](Nc2cnc3ccc(Cl)cc3n2)C1. The molecule has 1 aliphatic rings. The van der Waals surface area contributed by atoms with Crippen molar-refractivity contribution in [3.8, 4) is 5.75 Å². The van der Waals surface area contributed by atoms with Crippen molar-refractivity contribution in [1.82, 2.24) is 14.9 Å². The van der Waals surface area contributed by atoms with E-state index in [1.807, 2.05) is 0 Å². The highest BCUT2D eigenvalue weighted by atomic mass is 35.5. The van der Waals surface area contributed by atoms with Crippen molar-refractivity contribution in [3.05, 3.63) is 59.2 Å². The number of hydrogen-bond donors (Lipinski definition) is 1. The van der Waals surface area contributed by atoms with Gasteiger partial charge in [0.05, 0.1) is 22.8 Å². The van der Waals surface area contributed by atoms with Gasteiger partial charge in [0, 0.05) is 24.2 Å². The van der Waals surface area contributed by atoms with Crippen LogP contribution in [0.5, 0.6) is 5.75 Å². The van der Waals surface area contributed by atoms with Crippen molar-refractivity contribution in [3.63, 3.8) is 0 Å². The molecule has 1 atom stereocenters. The Kier molecular flexibility index (Phi) is 5.38. The van der Waals surface area contributed by atoms with E-state index in [1.165, 1.54) is 23.1 Å². The lowest BCUT2D eigenvalue weighted by molar-refractivity contribution is -0.274. The normalized spacial score (nSPS) is 16.7. The average Bonchev–Trinajstić information content (AvgIpc) is 3.15. The maximum Gasteiger partial charge on any atom is 0.573 e. The lowest BCUT2D eigenvalue weighted by atomic mass is 10.2. The van der Waals surface area contributed by atoms with E-state index < -0.39 is 18.0 Å². The van der Waals surface area contributed by atoms with Crippen LogP contribution < -0.4 is 10.1 Å². The lowest BCUT2D eigenvalue weighted by Crippen LogP contribution is -2.32. The van der Waals surface area contributed by atoms with Gasteiger partial charge >= 0.3 is 6.36 Å². The Hall–Kier alpha value is -3.07. The number of likely N-dealkylation sites (tertiary alicyclic amines) is 1. The van der Waals surface area contributed by atoms with Crippen molar-refractivity contribution in [2.24, 2.45) is 0 Å². The summed E-state index contributed by atoms with van der Waals surface area (Å²) in [4.78, 5) is 23.1. The molecule has 6 nitrogen and oxygen atoms in total. The number of fused-ring (bicyclic) bond motifs is 1. The molecule has 3 aromatic rings. The minimum absolute atomic E-state index is 0.115. The first-order valence-electron chi connectivity index (χ1n) is 9.11. The number of benzene rings is 2. The standard InChI is InChI=1S/C20H16ClF3N4O2/c21-12-5-6-15-16(9-12)27-18(10-25-15)26-13-7-8-28(11-13)19(29)14-3-1-2-4-17(14)30-20(22,23)24/h1-6,9-10,13H,7-8,11H2,(H,26,27)/t13-/m1/s1. The number of aromatic nitrogens is 2. The fraction of sp³-hybridized carbons (Fsp3) is 0.250. The van der Waals surface area contributed by atoms with Gasteiger partial charge in [-0.15, -0.1) is 13.2 Å². The summed E-state index contributed by atoms with van der Waals surface area (Å²) >= 11 is 5.99. The number of hydrogen-bond acceptors (Lipinski definition) is 5. The minimum atomic E-state index is -4.87. The summed E-state index contributed by atoms with van der Waals surface area (Å²) in [5, 5.41) is 3.77. The van der Waals surface area contributed by atoms with Gasteiger partial charge in [0.25, 0.3) is 5.91 Å². The van der Waals surface area contributed by atoms with Gasteiger partial charge in [-0.25, -0.2) is 4.98 Å². The predicted octanol–water partition coefficient (Wildman–Crippen LogP) is 4.51. The maximum atomic E-state index is 12.8. The minimum Gasteiger partial charge on any atom is -0.405 e. The number of nitrogens with one attached hydrogen (secondary N) is 1. The van der Waals surface area contributed by atoms with Gasteiger partial charge in [-0.1, -0.05) is 23.7 Å². The molecule has 0 aliphatic carbocycles. The summed E-state index contributed by atoms with van der Waals surface area (Å²) in [7, 11) is 0. The highest BCUT2D eigenvalue weighted by Crippen LogP contribution is 2.28. The van der Waals surface area contributed by atoms with Gasteiger partial charge in [-0.2, -0.15) is 0 Å². The second kappa shape index (κ2) is 7.98. The van der Waals surface area contributed by atoms with Gasteiger partial charge in [0.1, 0.15) is 11.6 Å². The molecule has 2 aromatic carbocycles. The smallest absolute Gasteiger partial charge is 0.405 e. The van der Waals surface area contributed by atoms with Gasteiger partial charge in [0.15, 0.2) is 0 Å². The molecular weight excluding hydrogens is 421 g/mol. The Morgan fingerprint density at radius 1 is 1.20 bits per heavy atom. The fourth-order valence-corrected chi connectivity index (χ4v) is 3.52. The van der Waals surface area contributed by atoms with Crippen molar-refractivity contribution < 1.29 is 22.7 Å². The number of ether oxygens (including phenoxy) is 1. The number of alkyl halides is 3. The Balaban J connectivity index is 1.45. The van der Waals surface area contributed by atoms with Crippen LogP contribution in [0.3, 0.4) is 0 Å². The molecule has 1 fully saturated rings. The summed E-state index contributed by atoms with van der Waals surface area (Å²) in [5.74, 6) is -0.496. The van der Waals surface area contributed by atoms with E-state index in [0.29, 0.717) is 41.4 Å². The van der Waals surface area contributed by atoms with Crippen LogP contribution in [-0.4, -0.2) is 46.3 Å². The number of rotatable bonds is 4. The molecule has 30 heavy (non-hydrogen) atoms. The number of halogens is 4. The highest BCUT2D eigenvalue weighted by molar-refractivity contribution is 6.31. The molecule has 2 heterocycles. The molecule has 1 amide bonds. The molecule has 1 saturated heterocycles. The summed E-state index contributed by atoms with van der Waals surface area (Å²) < 4.78 is 41.9.